The first kappa shape index (κ1) is 11.3. The standard InChI is InChI=1S/C10H9ClN2O2S/c1-15-5-9(14)13-10-12-7-3-2-6(11)4-8(7)16-10/h2-4H,5H2,1H3,(H,12,13,14). The van der Waals surface area contributed by atoms with Gasteiger partial charge in [-0.15, -0.1) is 0 Å². The lowest BCUT2D eigenvalue weighted by molar-refractivity contribution is -0.119. The van der Waals surface area contributed by atoms with Gasteiger partial charge in [0.05, 0.1) is 10.2 Å². The molecule has 84 valence electrons. The average Bonchev–Trinajstić information content (AvgIpc) is 2.59. The maximum Gasteiger partial charge on any atom is 0.252 e. The van der Waals surface area contributed by atoms with Crippen LogP contribution in [-0.2, 0) is 9.53 Å². The second kappa shape index (κ2) is 4.78. The lowest BCUT2D eigenvalue weighted by atomic mass is 10.3. The summed E-state index contributed by atoms with van der Waals surface area (Å²) in [5.74, 6) is -0.215. The molecule has 1 aromatic carbocycles. The molecule has 0 unspecified atom stereocenters. The second-order valence-electron chi connectivity index (χ2n) is 3.11. The van der Waals surface area contributed by atoms with Crippen molar-refractivity contribution in [3.63, 3.8) is 0 Å². The Morgan fingerprint density at radius 2 is 2.44 bits per heavy atom. The molecule has 2 rings (SSSR count). The van der Waals surface area contributed by atoms with Crippen LogP contribution >= 0.6 is 22.9 Å². The fraction of sp³-hybridized carbons (Fsp3) is 0.200. The summed E-state index contributed by atoms with van der Waals surface area (Å²) in [6.45, 7) is 0.0245. The smallest absolute Gasteiger partial charge is 0.252 e. The molecule has 6 heteroatoms. The molecule has 0 aliphatic carbocycles. The number of carbonyl (C=O) groups excluding carboxylic acids is 1. The fourth-order valence-electron chi connectivity index (χ4n) is 1.24. The Balaban J connectivity index is 2.23. The number of rotatable bonds is 3. The molecule has 0 spiro atoms. The summed E-state index contributed by atoms with van der Waals surface area (Å²) >= 11 is 7.24. The monoisotopic (exact) mass is 256 g/mol. The number of hydrogen-bond donors (Lipinski definition) is 1. The van der Waals surface area contributed by atoms with Crippen molar-refractivity contribution >= 4 is 44.2 Å². The topological polar surface area (TPSA) is 51.2 Å². The van der Waals surface area contributed by atoms with Crippen molar-refractivity contribution in [1.82, 2.24) is 4.98 Å². The molecule has 1 amide bonds. The maximum absolute atomic E-state index is 11.3. The van der Waals surface area contributed by atoms with E-state index < -0.39 is 0 Å². The third-order valence-electron chi connectivity index (χ3n) is 1.87. The SMILES string of the molecule is COCC(=O)Nc1nc2ccc(Cl)cc2s1. The number of nitrogens with zero attached hydrogens (tertiary/aromatic N) is 1. The molecule has 0 aliphatic rings. The van der Waals surface area contributed by atoms with E-state index in [2.05, 4.69) is 10.3 Å². The maximum atomic E-state index is 11.3. The van der Waals surface area contributed by atoms with Gasteiger partial charge in [-0.1, -0.05) is 22.9 Å². The normalized spacial score (nSPS) is 10.6. The van der Waals surface area contributed by atoms with Crippen LogP contribution in [0.5, 0.6) is 0 Å². The van der Waals surface area contributed by atoms with Crippen molar-refractivity contribution in [2.45, 2.75) is 0 Å². The van der Waals surface area contributed by atoms with Crippen molar-refractivity contribution < 1.29 is 9.53 Å². The molecule has 0 atom stereocenters. The summed E-state index contributed by atoms with van der Waals surface area (Å²) in [5, 5.41) is 3.87. The molecule has 0 fully saturated rings. The summed E-state index contributed by atoms with van der Waals surface area (Å²) in [5.41, 5.74) is 0.821. The summed E-state index contributed by atoms with van der Waals surface area (Å²) in [7, 11) is 1.47. The Morgan fingerprint density at radius 1 is 1.62 bits per heavy atom. The molecule has 1 aromatic heterocycles. The van der Waals surface area contributed by atoms with Gasteiger partial charge in [0.15, 0.2) is 5.13 Å². The van der Waals surface area contributed by atoms with E-state index in [0.29, 0.717) is 10.2 Å². The Kier molecular flexibility index (Phi) is 3.38. The first-order chi connectivity index (χ1) is 7.69. The molecule has 1 heterocycles. The zero-order chi connectivity index (χ0) is 11.5. The molecule has 0 saturated heterocycles. The van der Waals surface area contributed by atoms with Gasteiger partial charge in [-0.25, -0.2) is 4.98 Å². The van der Waals surface area contributed by atoms with Crippen LogP contribution in [0.15, 0.2) is 18.2 Å². The number of aromatic nitrogens is 1. The third kappa shape index (κ3) is 2.49. The number of ether oxygens (including phenoxy) is 1. The lowest BCUT2D eigenvalue weighted by Gasteiger charge is -1.98. The van der Waals surface area contributed by atoms with Crippen LogP contribution in [0, 0.1) is 0 Å². The number of thiazole rings is 1. The zero-order valence-corrected chi connectivity index (χ0v) is 10.1. The number of fused-ring (bicyclic) bond motifs is 1. The van der Waals surface area contributed by atoms with Crippen LogP contribution in [0.25, 0.3) is 10.2 Å². The van der Waals surface area contributed by atoms with E-state index >= 15 is 0 Å². The van der Waals surface area contributed by atoms with Crippen molar-refractivity contribution in [3.8, 4) is 0 Å². The minimum Gasteiger partial charge on any atom is -0.375 e. The van der Waals surface area contributed by atoms with E-state index in [1.54, 1.807) is 6.07 Å². The molecular weight excluding hydrogens is 248 g/mol. The van der Waals surface area contributed by atoms with E-state index in [4.69, 9.17) is 16.3 Å². The number of methoxy groups -OCH3 is 1. The Bertz CT molecular complexity index is 527. The highest BCUT2D eigenvalue weighted by Gasteiger charge is 2.07. The Labute approximate surface area is 101 Å². The largest absolute Gasteiger partial charge is 0.375 e. The predicted octanol–water partition coefficient (Wildman–Crippen LogP) is 2.53. The summed E-state index contributed by atoms with van der Waals surface area (Å²) < 4.78 is 5.66. The van der Waals surface area contributed by atoms with E-state index in [-0.39, 0.29) is 12.5 Å². The summed E-state index contributed by atoms with van der Waals surface area (Å²) in [4.78, 5) is 15.5. The van der Waals surface area contributed by atoms with Gasteiger partial charge in [-0.3, -0.25) is 10.1 Å². The van der Waals surface area contributed by atoms with Crippen molar-refractivity contribution in [2.24, 2.45) is 0 Å². The molecule has 4 nitrogen and oxygen atoms in total. The van der Waals surface area contributed by atoms with Crippen LogP contribution in [-0.4, -0.2) is 24.6 Å². The summed E-state index contributed by atoms with van der Waals surface area (Å²) in [6.07, 6.45) is 0. The number of carbonyl (C=O) groups is 1. The highest BCUT2D eigenvalue weighted by atomic mass is 35.5. The highest BCUT2D eigenvalue weighted by Crippen LogP contribution is 2.28. The van der Waals surface area contributed by atoms with Gasteiger partial charge in [-0.2, -0.15) is 0 Å². The first-order valence-corrected chi connectivity index (χ1v) is 5.73. The van der Waals surface area contributed by atoms with Crippen LogP contribution in [0.2, 0.25) is 5.02 Å². The van der Waals surface area contributed by atoms with Crippen LogP contribution in [0.4, 0.5) is 5.13 Å². The minimum atomic E-state index is -0.215. The molecule has 0 aliphatic heterocycles. The van der Waals surface area contributed by atoms with Gasteiger partial charge in [-0.05, 0) is 18.2 Å². The van der Waals surface area contributed by atoms with Crippen molar-refractivity contribution in [2.75, 3.05) is 19.0 Å². The molecule has 0 bridgehead atoms. The average molecular weight is 257 g/mol. The Morgan fingerprint density at radius 3 is 3.19 bits per heavy atom. The van der Waals surface area contributed by atoms with Crippen LogP contribution < -0.4 is 5.32 Å². The minimum absolute atomic E-state index is 0.0245. The van der Waals surface area contributed by atoms with E-state index in [9.17, 15) is 4.79 Å². The molecule has 0 radical (unpaired) electrons. The van der Waals surface area contributed by atoms with E-state index in [0.717, 1.165) is 10.2 Å². The van der Waals surface area contributed by atoms with Gasteiger partial charge in [0.25, 0.3) is 5.91 Å². The predicted molar refractivity (Wildman–Crippen MR) is 65.1 cm³/mol. The number of amides is 1. The van der Waals surface area contributed by atoms with Gasteiger partial charge in [0, 0.05) is 12.1 Å². The van der Waals surface area contributed by atoms with Crippen LogP contribution in [0.1, 0.15) is 0 Å². The lowest BCUT2D eigenvalue weighted by Crippen LogP contribution is -2.16. The van der Waals surface area contributed by atoms with Gasteiger partial charge in [0.2, 0.25) is 0 Å². The number of hydrogen-bond acceptors (Lipinski definition) is 4. The zero-order valence-electron chi connectivity index (χ0n) is 8.49. The van der Waals surface area contributed by atoms with Crippen molar-refractivity contribution in [1.29, 1.82) is 0 Å². The van der Waals surface area contributed by atoms with E-state index in [1.165, 1.54) is 18.4 Å². The molecule has 16 heavy (non-hydrogen) atoms. The molecule has 0 saturated carbocycles. The first-order valence-electron chi connectivity index (χ1n) is 4.54. The number of halogens is 1. The second-order valence-corrected chi connectivity index (χ2v) is 4.58. The number of anilines is 1. The van der Waals surface area contributed by atoms with Gasteiger partial charge >= 0.3 is 0 Å². The third-order valence-corrected chi connectivity index (χ3v) is 3.04. The highest BCUT2D eigenvalue weighted by molar-refractivity contribution is 7.22. The van der Waals surface area contributed by atoms with Crippen LogP contribution in [0.3, 0.4) is 0 Å². The fourth-order valence-corrected chi connectivity index (χ4v) is 2.40. The van der Waals surface area contributed by atoms with Gasteiger partial charge < -0.3 is 4.74 Å². The van der Waals surface area contributed by atoms with Gasteiger partial charge in [0.1, 0.15) is 6.61 Å². The number of nitrogens with one attached hydrogen (secondary N) is 1. The molecule has 2 aromatic rings. The van der Waals surface area contributed by atoms with Crippen molar-refractivity contribution in [3.05, 3.63) is 23.2 Å². The number of benzene rings is 1. The molecule has 1 N–H and O–H groups in total. The quantitative estimate of drug-likeness (QED) is 0.918. The Hall–Kier alpha value is -1.17. The van der Waals surface area contributed by atoms with E-state index in [1.807, 2.05) is 12.1 Å². The summed E-state index contributed by atoms with van der Waals surface area (Å²) in [6, 6.07) is 5.41. The molecular formula is C10H9ClN2O2S.